The van der Waals surface area contributed by atoms with Crippen molar-refractivity contribution in [3.05, 3.63) is 35.6 Å². The molecule has 1 heterocycles. The van der Waals surface area contributed by atoms with Crippen LogP contribution in [0.5, 0.6) is 0 Å². The van der Waals surface area contributed by atoms with Gasteiger partial charge in [0.15, 0.2) is 0 Å². The second kappa shape index (κ2) is 7.01. The summed E-state index contributed by atoms with van der Waals surface area (Å²) in [7, 11) is 0. The first-order chi connectivity index (χ1) is 9.19. The number of aliphatic hydroxyl groups excluding tert-OH is 1. The van der Waals surface area contributed by atoms with Crippen molar-refractivity contribution in [1.29, 1.82) is 0 Å². The van der Waals surface area contributed by atoms with Crippen LogP contribution in [0.15, 0.2) is 24.3 Å². The maximum atomic E-state index is 13.1. The van der Waals surface area contributed by atoms with E-state index in [1.54, 1.807) is 12.1 Å². The van der Waals surface area contributed by atoms with Crippen LogP contribution in [-0.4, -0.2) is 29.6 Å². The first-order valence-corrected chi connectivity index (χ1v) is 7.35. The van der Waals surface area contributed by atoms with Crippen molar-refractivity contribution in [2.45, 2.75) is 38.7 Å². The van der Waals surface area contributed by atoms with E-state index in [1.165, 1.54) is 31.4 Å². The van der Waals surface area contributed by atoms with E-state index < -0.39 is 6.10 Å². The first-order valence-electron chi connectivity index (χ1n) is 7.35. The van der Waals surface area contributed by atoms with Gasteiger partial charge in [-0.25, -0.2) is 4.39 Å². The number of hydrogen-bond donors (Lipinski definition) is 1. The summed E-state index contributed by atoms with van der Waals surface area (Å²) in [5, 5.41) is 10.1. The van der Waals surface area contributed by atoms with Gasteiger partial charge >= 0.3 is 0 Å². The fourth-order valence-electron chi connectivity index (χ4n) is 2.95. The summed E-state index contributed by atoms with van der Waals surface area (Å²) in [6.07, 6.45) is 3.97. The van der Waals surface area contributed by atoms with Gasteiger partial charge in [-0.1, -0.05) is 25.5 Å². The molecule has 0 spiro atoms. The number of hydrogen-bond acceptors (Lipinski definition) is 2. The van der Waals surface area contributed by atoms with Gasteiger partial charge in [-0.3, -0.25) is 0 Å². The van der Waals surface area contributed by atoms with Gasteiger partial charge < -0.3 is 10.0 Å². The van der Waals surface area contributed by atoms with Crippen LogP contribution in [0.1, 0.15) is 44.3 Å². The van der Waals surface area contributed by atoms with Crippen molar-refractivity contribution in [2.75, 3.05) is 19.6 Å². The number of nitrogens with zero attached hydrogens (tertiary/aromatic N) is 1. The molecule has 1 aromatic carbocycles. The van der Waals surface area contributed by atoms with E-state index in [2.05, 4.69) is 11.8 Å². The Bertz CT molecular complexity index is 396. The van der Waals surface area contributed by atoms with Crippen molar-refractivity contribution in [3.8, 4) is 0 Å². The van der Waals surface area contributed by atoms with Gasteiger partial charge in [0, 0.05) is 13.1 Å². The standard InChI is InChI=1S/C16H24FNO/c1-2-4-13-7-9-18(12-13)10-8-16(19)14-5-3-6-15(17)11-14/h3,5-6,11,13,16,19H,2,4,7-10,12H2,1H3. The summed E-state index contributed by atoms with van der Waals surface area (Å²) < 4.78 is 13.1. The summed E-state index contributed by atoms with van der Waals surface area (Å²) >= 11 is 0. The molecule has 19 heavy (non-hydrogen) atoms. The van der Waals surface area contributed by atoms with Crippen LogP contribution < -0.4 is 0 Å². The van der Waals surface area contributed by atoms with Gasteiger partial charge in [-0.15, -0.1) is 0 Å². The molecule has 2 unspecified atom stereocenters. The molecule has 2 rings (SSSR count). The summed E-state index contributed by atoms with van der Waals surface area (Å²) in [6.45, 7) is 5.43. The average molecular weight is 265 g/mol. The maximum Gasteiger partial charge on any atom is 0.123 e. The molecule has 1 saturated heterocycles. The van der Waals surface area contributed by atoms with Crippen LogP contribution in [0.2, 0.25) is 0 Å². The van der Waals surface area contributed by atoms with Gasteiger partial charge in [-0.2, -0.15) is 0 Å². The highest BCUT2D eigenvalue weighted by Gasteiger charge is 2.22. The minimum atomic E-state index is -0.555. The van der Waals surface area contributed by atoms with E-state index in [9.17, 15) is 9.50 Å². The molecule has 0 aliphatic carbocycles. The lowest BCUT2D eigenvalue weighted by Gasteiger charge is -2.18. The van der Waals surface area contributed by atoms with E-state index in [-0.39, 0.29) is 5.82 Å². The molecule has 2 atom stereocenters. The van der Waals surface area contributed by atoms with Crippen LogP contribution in [0.25, 0.3) is 0 Å². The number of rotatable bonds is 6. The Labute approximate surface area is 115 Å². The van der Waals surface area contributed by atoms with Crippen LogP contribution >= 0.6 is 0 Å². The Morgan fingerprint density at radius 3 is 3.05 bits per heavy atom. The van der Waals surface area contributed by atoms with Crippen LogP contribution in [0, 0.1) is 11.7 Å². The highest BCUT2D eigenvalue weighted by atomic mass is 19.1. The smallest absolute Gasteiger partial charge is 0.123 e. The lowest BCUT2D eigenvalue weighted by molar-refractivity contribution is 0.147. The minimum Gasteiger partial charge on any atom is -0.388 e. The SMILES string of the molecule is CCCC1CCN(CCC(O)c2cccc(F)c2)C1. The number of halogens is 1. The quantitative estimate of drug-likeness (QED) is 0.852. The van der Waals surface area contributed by atoms with Crippen LogP contribution in [-0.2, 0) is 0 Å². The van der Waals surface area contributed by atoms with Crippen LogP contribution in [0.4, 0.5) is 4.39 Å². The molecule has 2 nitrogen and oxygen atoms in total. The Morgan fingerprint density at radius 1 is 1.47 bits per heavy atom. The van der Waals surface area contributed by atoms with Crippen molar-refractivity contribution in [2.24, 2.45) is 5.92 Å². The van der Waals surface area contributed by atoms with E-state index in [0.29, 0.717) is 12.0 Å². The molecule has 1 aromatic rings. The normalized spacial score (nSPS) is 21.7. The third-order valence-electron chi connectivity index (χ3n) is 4.02. The molecule has 1 fully saturated rings. The predicted molar refractivity (Wildman–Crippen MR) is 75.4 cm³/mol. The van der Waals surface area contributed by atoms with Gasteiger partial charge in [0.2, 0.25) is 0 Å². The number of benzene rings is 1. The van der Waals surface area contributed by atoms with Crippen molar-refractivity contribution < 1.29 is 9.50 Å². The topological polar surface area (TPSA) is 23.5 Å². The van der Waals surface area contributed by atoms with Crippen molar-refractivity contribution >= 4 is 0 Å². The molecule has 0 amide bonds. The fourth-order valence-corrected chi connectivity index (χ4v) is 2.95. The van der Waals surface area contributed by atoms with Gasteiger partial charge in [0.25, 0.3) is 0 Å². The zero-order chi connectivity index (χ0) is 13.7. The third kappa shape index (κ3) is 4.29. The van der Waals surface area contributed by atoms with Gasteiger partial charge in [0.1, 0.15) is 5.82 Å². The van der Waals surface area contributed by atoms with Crippen molar-refractivity contribution in [1.82, 2.24) is 4.90 Å². The molecule has 1 N–H and O–H groups in total. The largest absolute Gasteiger partial charge is 0.388 e. The average Bonchev–Trinajstić information content (AvgIpc) is 2.84. The number of aliphatic hydroxyl groups is 1. The molecule has 0 saturated carbocycles. The molecular weight excluding hydrogens is 241 g/mol. The second-order valence-corrected chi connectivity index (χ2v) is 5.60. The zero-order valence-electron chi connectivity index (χ0n) is 11.7. The Kier molecular flexibility index (Phi) is 5.34. The van der Waals surface area contributed by atoms with E-state index in [1.807, 2.05) is 0 Å². The zero-order valence-corrected chi connectivity index (χ0v) is 11.7. The van der Waals surface area contributed by atoms with E-state index in [0.717, 1.165) is 25.6 Å². The highest BCUT2D eigenvalue weighted by molar-refractivity contribution is 5.18. The molecule has 1 aliphatic heterocycles. The molecule has 0 radical (unpaired) electrons. The highest BCUT2D eigenvalue weighted by Crippen LogP contribution is 2.23. The van der Waals surface area contributed by atoms with Crippen LogP contribution in [0.3, 0.4) is 0 Å². The van der Waals surface area contributed by atoms with E-state index >= 15 is 0 Å². The van der Waals surface area contributed by atoms with Gasteiger partial charge in [-0.05, 0) is 49.4 Å². The lowest BCUT2D eigenvalue weighted by atomic mass is 10.0. The third-order valence-corrected chi connectivity index (χ3v) is 4.02. The minimum absolute atomic E-state index is 0.277. The molecule has 3 heteroatoms. The molecule has 1 aliphatic rings. The molecule has 0 bridgehead atoms. The fraction of sp³-hybridized carbons (Fsp3) is 0.625. The molecule has 0 aromatic heterocycles. The number of likely N-dealkylation sites (tertiary alicyclic amines) is 1. The monoisotopic (exact) mass is 265 g/mol. The summed E-state index contributed by atoms with van der Waals surface area (Å²) in [5.41, 5.74) is 0.685. The predicted octanol–water partition coefficient (Wildman–Crippen LogP) is 3.37. The Hall–Kier alpha value is -0.930. The Balaban J connectivity index is 1.76. The Morgan fingerprint density at radius 2 is 2.32 bits per heavy atom. The summed E-state index contributed by atoms with van der Waals surface area (Å²) in [4.78, 5) is 2.42. The summed E-state index contributed by atoms with van der Waals surface area (Å²) in [6, 6.07) is 6.28. The second-order valence-electron chi connectivity index (χ2n) is 5.60. The molecule has 106 valence electrons. The molecular formula is C16H24FNO. The lowest BCUT2D eigenvalue weighted by Crippen LogP contribution is -2.23. The maximum absolute atomic E-state index is 13.1. The van der Waals surface area contributed by atoms with E-state index in [4.69, 9.17) is 0 Å². The van der Waals surface area contributed by atoms with Crippen molar-refractivity contribution in [3.63, 3.8) is 0 Å². The summed E-state index contributed by atoms with van der Waals surface area (Å²) in [5.74, 6) is 0.553. The first kappa shape index (κ1) is 14.5. The van der Waals surface area contributed by atoms with Gasteiger partial charge in [0.05, 0.1) is 6.10 Å².